The number of rotatable bonds is 1. The molecule has 6 nitrogen and oxygen atoms in total. The largest absolute Gasteiger partial charge is 0.382 e. The first-order valence-corrected chi connectivity index (χ1v) is 6.35. The number of halogens is 1. The molecule has 0 atom stereocenters. The van der Waals surface area contributed by atoms with E-state index in [1.54, 1.807) is 12.3 Å². The van der Waals surface area contributed by atoms with Crippen LogP contribution in [0.2, 0.25) is 5.15 Å². The van der Waals surface area contributed by atoms with Gasteiger partial charge in [0.05, 0.1) is 5.69 Å². The van der Waals surface area contributed by atoms with Gasteiger partial charge in [0, 0.05) is 17.1 Å². The fourth-order valence-electron chi connectivity index (χ4n) is 2.08. The van der Waals surface area contributed by atoms with Crippen molar-refractivity contribution >= 4 is 34.1 Å². The van der Waals surface area contributed by atoms with Crippen molar-refractivity contribution in [2.24, 2.45) is 0 Å². The highest BCUT2D eigenvalue weighted by atomic mass is 35.5. The van der Waals surface area contributed by atoms with Crippen molar-refractivity contribution in [3.63, 3.8) is 0 Å². The molecule has 3 rings (SSSR count). The molecule has 0 fully saturated rings. The summed E-state index contributed by atoms with van der Waals surface area (Å²) < 4.78 is 0. The van der Waals surface area contributed by atoms with E-state index in [4.69, 9.17) is 23.1 Å². The van der Waals surface area contributed by atoms with E-state index in [2.05, 4.69) is 15.0 Å². The van der Waals surface area contributed by atoms with Gasteiger partial charge in [-0.25, -0.2) is 9.97 Å². The minimum absolute atomic E-state index is 0.0239. The molecule has 0 saturated heterocycles. The van der Waals surface area contributed by atoms with Crippen molar-refractivity contribution in [3.05, 3.63) is 41.2 Å². The third-order valence-electron chi connectivity index (χ3n) is 3.03. The van der Waals surface area contributed by atoms with Gasteiger partial charge in [0.1, 0.15) is 22.6 Å². The highest BCUT2D eigenvalue weighted by molar-refractivity contribution is 6.30. The summed E-state index contributed by atoms with van der Waals surface area (Å²) >= 11 is 5.86. The number of fused-ring (bicyclic) bond motifs is 1. The van der Waals surface area contributed by atoms with Gasteiger partial charge in [-0.1, -0.05) is 23.7 Å². The minimum atomic E-state index is 0.0239. The molecule has 0 unspecified atom stereocenters. The monoisotopic (exact) mass is 296 g/mol. The lowest BCUT2D eigenvalue weighted by Crippen LogP contribution is -2.04. The van der Waals surface area contributed by atoms with Crippen LogP contribution in [0.5, 0.6) is 0 Å². The second-order valence-corrected chi connectivity index (χ2v) is 4.76. The SMILES string of the molecule is N#Cc1c(N)nc(N)nc1-c1ccc2cc(Cl)ncc2c1. The van der Waals surface area contributed by atoms with Crippen LogP contribution < -0.4 is 11.5 Å². The molecule has 3 aromatic rings. The minimum Gasteiger partial charge on any atom is -0.382 e. The Morgan fingerprint density at radius 3 is 2.67 bits per heavy atom. The molecule has 0 aliphatic carbocycles. The van der Waals surface area contributed by atoms with Crippen molar-refractivity contribution in [1.82, 2.24) is 15.0 Å². The molecule has 4 N–H and O–H groups in total. The number of nitriles is 1. The quantitative estimate of drug-likeness (QED) is 0.666. The average Bonchev–Trinajstić information content (AvgIpc) is 2.46. The Hall–Kier alpha value is -2.91. The Morgan fingerprint density at radius 1 is 1.10 bits per heavy atom. The Bertz CT molecular complexity index is 900. The normalized spacial score (nSPS) is 10.5. The highest BCUT2D eigenvalue weighted by Gasteiger charge is 2.13. The van der Waals surface area contributed by atoms with Gasteiger partial charge in [-0.15, -0.1) is 0 Å². The maximum Gasteiger partial charge on any atom is 0.222 e. The van der Waals surface area contributed by atoms with Crippen molar-refractivity contribution in [2.45, 2.75) is 0 Å². The van der Waals surface area contributed by atoms with Gasteiger partial charge >= 0.3 is 0 Å². The Labute approximate surface area is 125 Å². The molecule has 1 aromatic carbocycles. The number of anilines is 2. The van der Waals surface area contributed by atoms with Crippen LogP contribution in [0.4, 0.5) is 11.8 Å². The van der Waals surface area contributed by atoms with Gasteiger partial charge < -0.3 is 11.5 Å². The summed E-state index contributed by atoms with van der Waals surface area (Å²) in [6.07, 6.45) is 1.65. The number of nitrogen functional groups attached to an aromatic ring is 2. The molecule has 7 heteroatoms. The Morgan fingerprint density at radius 2 is 1.90 bits per heavy atom. The first-order valence-electron chi connectivity index (χ1n) is 5.97. The Kier molecular flexibility index (Phi) is 3.05. The molecule has 0 spiro atoms. The van der Waals surface area contributed by atoms with Gasteiger partial charge in [-0.05, 0) is 17.5 Å². The topological polar surface area (TPSA) is 114 Å². The van der Waals surface area contributed by atoms with Gasteiger partial charge in [0.25, 0.3) is 0 Å². The fourth-order valence-corrected chi connectivity index (χ4v) is 2.24. The third-order valence-corrected chi connectivity index (χ3v) is 3.23. The zero-order chi connectivity index (χ0) is 15.0. The first-order chi connectivity index (χ1) is 10.1. The fraction of sp³-hybridized carbons (Fsp3) is 0. The molecule has 0 radical (unpaired) electrons. The number of hydrogen-bond acceptors (Lipinski definition) is 6. The van der Waals surface area contributed by atoms with E-state index in [1.807, 2.05) is 24.3 Å². The van der Waals surface area contributed by atoms with Crippen molar-refractivity contribution in [1.29, 1.82) is 5.26 Å². The maximum absolute atomic E-state index is 9.22. The predicted molar refractivity (Wildman–Crippen MR) is 81.3 cm³/mol. The first kappa shape index (κ1) is 13.1. The van der Waals surface area contributed by atoms with Gasteiger partial charge in [0.15, 0.2) is 0 Å². The van der Waals surface area contributed by atoms with Crippen LogP contribution in [-0.2, 0) is 0 Å². The summed E-state index contributed by atoms with van der Waals surface area (Å²) in [7, 11) is 0. The van der Waals surface area contributed by atoms with Crippen molar-refractivity contribution < 1.29 is 0 Å². The number of nitrogens with zero attached hydrogens (tertiary/aromatic N) is 4. The van der Waals surface area contributed by atoms with E-state index in [0.717, 1.165) is 10.8 Å². The Balaban J connectivity index is 2.26. The van der Waals surface area contributed by atoms with E-state index < -0.39 is 0 Å². The number of pyridine rings is 1. The number of benzene rings is 1. The number of nitrogens with two attached hydrogens (primary N) is 2. The molecule has 0 aliphatic rings. The zero-order valence-electron chi connectivity index (χ0n) is 10.7. The maximum atomic E-state index is 9.22. The molecule has 21 heavy (non-hydrogen) atoms. The lowest BCUT2D eigenvalue weighted by Gasteiger charge is -2.07. The molecular formula is C14H9ClN6. The predicted octanol–water partition coefficient (Wildman–Crippen LogP) is 2.38. The van der Waals surface area contributed by atoms with Crippen LogP contribution >= 0.6 is 11.6 Å². The van der Waals surface area contributed by atoms with Crippen molar-refractivity contribution in [3.8, 4) is 17.3 Å². The number of aromatic nitrogens is 3. The van der Waals surface area contributed by atoms with Crippen LogP contribution in [-0.4, -0.2) is 15.0 Å². The van der Waals surface area contributed by atoms with Crippen molar-refractivity contribution in [2.75, 3.05) is 11.5 Å². The number of hydrogen-bond donors (Lipinski definition) is 2. The highest BCUT2D eigenvalue weighted by Crippen LogP contribution is 2.28. The summed E-state index contributed by atoms with van der Waals surface area (Å²) in [5.74, 6) is 0.0881. The van der Waals surface area contributed by atoms with Crippen LogP contribution in [0, 0.1) is 11.3 Å². The summed E-state index contributed by atoms with van der Waals surface area (Å²) in [6, 6.07) is 9.30. The van der Waals surface area contributed by atoms with E-state index >= 15 is 0 Å². The van der Waals surface area contributed by atoms with Crippen LogP contribution in [0.25, 0.3) is 22.0 Å². The van der Waals surface area contributed by atoms with Crippen LogP contribution in [0.1, 0.15) is 5.56 Å². The second-order valence-electron chi connectivity index (χ2n) is 4.37. The van der Waals surface area contributed by atoms with E-state index in [-0.39, 0.29) is 17.3 Å². The van der Waals surface area contributed by atoms with Gasteiger partial charge in [-0.2, -0.15) is 10.2 Å². The molecule has 0 bridgehead atoms. The van der Waals surface area contributed by atoms with Crippen LogP contribution in [0.3, 0.4) is 0 Å². The van der Waals surface area contributed by atoms with Crippen LogP contribution in [0.15, 0.2) is 30.5 Å². The molecule has 102 valence electrons. The average molecular weight is 297 g/mol. The van der Waals surface area contributed by atoms with E-state index in [0.29, 0.717) is 16.4 Å². The molecule has 0 saturated carbocycles. The summed E-state index contributed by atoms with van der Waals surface area (Å²) in [4.78, 5) is 12.0. The van der Waals surface area contributed by atoms with E-state index in [9.17, 15) is 5.26 Å². The van der Waals surface area contributed by atoms with Gasteiger partial charge in [-0.3, -0.25) is 0 Å². The summed E-state index contributed by atoms with van der Waals surface area (Å²) in [6.45, 7) is 0. The second kappa shape index (κ2) is 4.89. The lowest BCUT2D eigenvalue weighted by atomic mass is 10.0. The van der Waals surface area contributed by atoms with E-state index in [1.165, 1.54) is 0 Å². The summed E-state index contributed by atoms with van der Waals surface area (Å²) in [5.41, 5.74) is 12.6. The molecule has 0 amide bonds. The van der Waals surface area contributed by atoms with Gasteiger partial charge in [0.2, 0.25) is 5.95 Å². The standard InChI is InChI=1S/C14H9ClN6/c15-11-4-7-1-2-8(3-9(7)6-19-11)12-10(5-16)13(17)21-14(18)20-12/h1-4,6H,(H4,17,18,20,21). The third kappa shape index (κ3) is 2.30. The molecule has 0 aliphatic heterocycles. The lowest BCUT2D eigenvalue weighted by molar-refractivity contribution is 1.18. The molecular weight excluding hydrogens is 288 g/mol. The zero-order valence-corrected chi connectivity index (χ0v) is 11.5. The molecule has 2 heterocycles. The smallest absolute Gasteiger partial charge is 0.222 e. The summed E-state index contributed by atoms with van der Waals surface area (Å²) in [5, 5.41) is 11.4. The molecule has 2 aromatic heterocycles.